The maximum absolute atomic E-state index is 13.5. The molecule has 0 radical (unpaired) electrons. The van der Waals surface area contributed by atoms with Crippen LogP contribution in [0.1, 0.15) is 10.4 Å². The Bertz CT molecular complexity index is 1230. The molecule has 8 heteroatoms. The number of rotatable bonds is 7. The molecule has 0 bridgehead atoms. The molecule has 0 fully saturated rings. The molecule has 0 spiro atoms. The molecule has 5 nitrogen and oxygen atoms in total. The normalized spacial score (nSPS) is 10.8. The van der Waals surface area contributed by atoms with Gasteiger partial charge in [-0.1, -0.05) is 42.1 Å². The Morgan fingerprint density at radius 3 is 2.52 bits per heavy atom. The smallest absolute Gasteiger partial charge is 0.196 e. The van der Waals surface area contributed by atoms with Crippen molar-refractivity contribution in [3.8, 4) is 22.8 Å². The molecule has 0 aliphatic heterocycles. The first-order chi connectivity index (χ1) is 15.1. The van der Waals surface area contributed by atoms with E-state index in [1.54, 1.807) is 7.11 Å². The minimum absolute atomic E-state index is 0.00580. The highest BCUT2D eigenvalue weighted by Crippen LogP contribution is 2.30. The number of methoxy groups -OCH3 is 1. The fourth-order valence-corrected chi connectivity index (χ4v) is 3.85. The zero-order chi connectivity index (χ0) is 21.8. The number of benzene rings is 3. The van der Waals surface area contributed by atoms with Crippen LogP contribution in [-0.4, -0.2) is 33.4 Å². The Kier molecular flexibility index (Phi) is 6.08. The Morgan fingerprint density at radius 2 is 1.77 bits per heavy atom. The average Bonchev–Trinajstić information content (AvgIpc) is 3.24. The summed E-state index contributed by atoms with van der Waals surface area (Å²) in [6.07, 6.45) is 0. The van der Waals surface area contributed by atoms with Gasteiger partial charge in [0.25, 0.3) is 0 Å². The van der Waals surface area contributed by atoms with E-state index in [-0.39, 0.29) is 17.1 Å². The SMILES string of the molecule is COc1cccc(-c2nnc(SCC(=O)c3ccc(F)c(F)c3)n2-c2ccccc2)c1. The van der Waals surface area contributed by atoms with E-state index >= 15 is 0 Å². The average molecular weight is 437 g/mol. The molecule has 0 amide bonds. The number of ether oxygens (including phenoxy) is 1. The van der Waals surface area contributed by atoms with Crippen LogP contribution in [0.25, 0.3) is 17.1 Å². The molecule has 0 aliphatic rings. The van der Waals surface area contributed by atoms with E-state index in [1.807, 2.05) is 59.2 Å². The Balaban J connectivity index is 1.67. The maximum atomic E-state index is 13.5. The standard InChI is InChI=1S/C23H17F2N3O2S/c1-30-18-9-5-6-16(12-18)22-26-27-23(28(22)17-7-3-2-4-8-17)31-14-21(29)15-10-11-19(24)20(25)13-15/h2-13H,14H2,1H3. The van der Waals surface area contributed by atoms with Gasteiger partial charge >= 0.3 is 0 Å². The van der Waals surface area contributed by atoms with Gasteiger partial charge in [-0.2, -0.15) is 0 Å². The van der Waals surface area contributed by atoms with E-state index < -0.39 is 11.6 Å². The Hall–Kier alpha value is -3.52. The van der Waals surface area contributed by atoms with Gasteiger partial charge in [0.05, 0.1) is 12.9 Å². The highest BCUT2D eigenvalue weighted by molar-refractivity contribution is 7.99. The van der Waals surface area contributed by atoms with Crippen molar-refractivity contribution < 1.29 is 18.3 Å². The number of halogens is 2. The summed E-state index contributed by atoms with van der Waals surface area (Å²) >= 11 is 1.17. The van der Waals surface area contributed by atoms with Crippen molar-refractivity contribution in [1.29, 1.82) is 0 Å². The Morgan fingerprint density at radius 1 is 0.968 bits per heavy atom. The molecule has 0 saturated heterocycles. The van der Waals surface area contributed by atoms with Gasteiger partial charge in [-0.3, -0.25) is 9.36 Å². The van der Waals surface area contributed by atoms with Crippen LogP contribution in [0.15, 0.2) is 78.0 Å². The summed E-state index contributed by atoms with van der Waals surface area (Å²) in [5.74, 6) is -1.11. The van der Waals surface area contributed by atoms with E-state index in [4.69, 9.17) is 4.74 Å². The van der Waals surface area contributed by atoms with Crippen molar-refractivity contribution in [2.75, 3.05) is 12.9 Å². The quantitative estimate of drug-likeness (QED) is 0.294. The van der Waals surface area contributed by atoms with Crippen LogP contribution in [0.2, 0.25) is 0 Å². The molecule has 0 aliphatic carbocycles. The fourth-order valence-electron chi connectivity index (χ4n) is 3.01. The first-order valence-electron chi connectivity index (χ1n) is 9.33. The predicted octanol–water partition coefficient (Wildman–Crippen LogP) is 5.20. The number of hydrogen-bond acceptors (Lipinski definition) is 5. The van der Waals surface area contributed by atoms with Crippen LogP contribution in [0.4, 0.5) is 8.78 Å². The van der Waals surface area contributed by atoms with Crippen LogP contribution >= 0.6 is 11.8 Å². The molecular formula is C23H17F2N3O2S. The highest BCUT2D eigenvalue weighted by atomic mass is 32.2. The van der Waals surface area contributed by atoms with Crippen LogP contribution in [0.3, 0.4) is 0 Å². The second kappa shape index (κ2) is 9.09. The number of nitrogens with zero attached hydrogens (tertiary/aromatic N) is 3. The van der Waals surface area contributed by atoms with E-state index in [9.17, 15) is 13.6 Å². The lowest BCUT2D eigenvalue weighted by Crippen LogP contribution is -2.06. The molecule has 4 aromatic rings. The lowest BCUT2D eigenvalue weighted by molar-refractivity contribution is 0.102. The molecule has 4 rings (SSSR count). The third-order valence-corrected chi connectivity index (χ3v) is 5.48. The lowest BCUT2D eigenvalue weighted by atomic mass is 10.1. The number of aromatic nitrogens is 3. The largest absolute Gasteiger partial charge is 0.497 e. The van der Waals surface area contributed by atoms with Crippen LogP contribution in [-0.2, 0) is 0 Å². The zero-order valence-electron chi connectivity index (χ0n) is 16.5. The molecule has 0 N–H and O–H groups in total. The van der Waals surface area contributed by atoms with E-state index in [2.05, 4.69) is 10.2 Å². The van der Waals surface area contributed by atoms with Crippen molar-refractivity contribution in [1.82, 2.24) is 14.8 Å². The summed E-state index contributed by atoms with van der Waals surface area (Å²) in [6.45, 7) is 0. The van der Waals surface area contributed by atoms with Crippen molar-refractivity contribution in [3.63, 3.8) is 0 Å². The zero-order valence-corrected chi connectivity index (χ0v) is 17.3. The van der Waals surface area contributed by atoms with Crippen LogP contribution in [0.5, 0.6) is 5.75 Å². The fraction of sp³-hybridized carbons (Fsp3) is 0.0870. The molecule has 156 valence electrons. The summed E-state index contributed by atoms with van der Waals surface area (Å²) in [7, 11) is 1.59. The molecule has 0 atom stereocenters. The van der Waals surface area contributed by atoms with Gasteiger partial charge < -0.3 is 4.74 Å². The summed E-state index contributed by atoms with van der Waals surface area (Å²) in [4.78, 5) is 12.5. The molecule has 0 unspecified atom stereocenters. The maximum Gasteiger partial charge on any atom is 0.196 e. The lowest BCUT2D eigenvalue weighted by Gasteiger charge is -2.11. The molecular weight excluding hydrogens is 420 g/mol. The van der Waals surface area contributed by atoms with Gasteiger partial charge in [0.1, 0.15) is 5.75 Å². The van der Waals surface area contributed by atoms with Gasteiger partial charge in [-0.15, -0.1) is 10.2 Å². The van der Waals surface area contributed by atoms with Gasteiger partial charge in [0, 0.05) is 16.8 Å². The first-order valence-corrected chi connectivity index (χ1v) is 10.3. The minimum Gasteiger partial charge on any atom is -0.497 e. The van der Waals surface area contributed by atoms with Gasteiger partial charge in [0.2, 0.25) is 0 Å². The summed E-state index contributed by atoms with van der Waals surface area (Å²) in [5.41, 5.74) is 1.73. The number of ketones is 1. The second-order valence-corrected chi connectivity index (χ2v) is 7.49. The van der Waals surface area contributed by atoms with Gasteiger partial charge in [-0.25, -0.2) is 8.78 Å². The van der Waals surface area contributed by atoms with Crippen LogP contribution < -0.4 is 4.74 Å². The van der Waals surface area contributed by atoms with Crippen molar-refractivity contribution in [3.05, 3.63) is 90.0 Å². The predicted molar refractivity (Wildman–Crippen MR) is 115 cm³/mol. The Labute approximate surface area is 181 Å². The number of thioether (sulfide) groups is 1. The topological polar surface area (TPSA) is 57.0 Å². The molecule has 1 heterocycles. The van der Waals surface area contributed by atoms with Crippen molar-refractivity contribution >= 4 is 17.5 Å². The monoisotopic (exact) mass is 437 g/mol. The molecule has 31 heavy (non-hydrogen) atoms. The minimum atomic E-state index is -1.05. The highest BCUT2D eigenvalue weighted by Gasteiger charge is 2.18. The number of Topliss-reactive ketones (excluding diaryl/α,β-unsaturated/α-hetero) is 1. The third-order valence-electron chi connectivity index (χ3n) is 4.55. The number of hydrogen-bond donors (Lipinski definition) is 0. The van der Waals surface area contributed by atoms with Crippen molar-refractivity contribution in [2.45, 2.75) is 5.16 Å². The summed E-state index contributed by atoms with van der Waals surface area (Å²) in [6, 6.07) is 20.1. The molecule has 0 saturated carbocycles. The third kappa shape index (κ3) is 4.49. The second-order valence-electron chi connectivity index (χ2n) is 6.55. The van der Waals surface area contributed by atoms with E-state index in [0.29, 0.717) is 16.7 Å². The van der Waals surface area contributed by atoms with Crippen molar-refractivity contribution in [2.24, 2.45) is 0 Å². The van der Waals surface area contributed by atoms with E-state index in [0.717, 1.165) is 23.4 Å². The van der Waals surface area contributed by atoms with E-state index in [1.165, 1.54) is 17.8 Å². The molecule has 1 aromatic heterocycles. The van der Waals surface area contributed by atoms with Crippen LogP contribution in [0, 0.1) is 11.6 Å². The van der Waals surface area contributed by atoms with Gasteiger partial charge in [0.15, 0.2) is 28.4 Å². The number of carbonyl (C=O) groups excluding carboxylic acids is 1. The van der Waals surface area contributed by atoms with Gasteiger partial charge in [-0.05, 0) is 42.5 Å². The number of carbonyl (C=O) groups is 1. The summed E-state index contributed by atoms with van der Waals surface area (Å²) in [5, 5.41) is 9.10. The number of para-hydroxylation sites is 1. The first kappa shape index (κ1) is 20.7. The molecule has 3 aromatic carbocycles. The summed E-state index contributed by atoms with van der Waals surface area (Å²) < 4.78 is 33.8.